The van der Waals surface area contributed by atoms with Crippen LogP contribution < -0.4 is 0 Å². The SMILES string of the molecule is CC1(C)CC(=O)C2=C(C1)N(C1CCCCC1)C1=C(C(=O)CC(C)(C)C1)C2c1cn(Cc2ccc(Cl)cc2Cl)c2ccccc12. The van der Waals surface area contributed by atoms with Crippen LogP contribution in [0.3, 0.4) is 0 Å². The fourth-order valence-electron chi connectivity index (χ4n) is 8.56. The minimum atomic E-state index is -0.362. The highest BCUT2D eigenvalue weighted by Gasteiger charge is 2.50. The van der Waals surface area contributed by atoms with Gasteiger partial charge in [-0.1, -0.05) is 94.4 Å². The van der Waals surface area contributed by atoms with Gasteiger partial charge in [0.2, 0.25) is 0 Å². The molecule has 0 atom stereocenters. The number of para-hydroxylation sites is 1. The number of carbonyl (C=O) groups excluding carboxylic acids is 2. The first-order chi connectivity index (χ1) is 20.9. The number of benzene rings is 2. The van der Waals surface area contributed by atoms with Crippen molar-refractivity contribution in [1.29, 1.82) is 0 Å². The van der Waals surface area contributed by atoms with E-state index in [2.05, 4.69) is 67.6 Å². The molecule has 6 heteroatoms. The third kappa shape index (κ3) is 5.16. The highest BCUT2D eigenvalue weighted by atomic mass is 35.5. The molecule has 0 bridgehead atoms. The molecular weight excluding hydrogens is 587 g/mol. The van der Waals surface area contributed by atoms with Gasteiger partial charge in [0.25, 0.3) is 0 Å². The van der Waals surface area contributed by atoms with Crippen molar-refractivity contribution in [3.05, 3.63) is 92.4 Å². The van der Waals surface area contributed by atoms with Gasteiger partial charge in [-0.3, -0.25) is 9.59 Å². The summed E-state index contributed by atoms with van der Waals surface area (Å²) in [6.45, 7) is 9.47. The summed E-state index contributed by atoms with van der Waals surface area (Å²) < 4.78 is 2.22. The van der Waals surface area contributed by atoms with E-state index in [0.717, 1.165) is 58.9 Å². The third-order valence-corrected chi connectivity index (χ3v) is 11.0. The third-order valence-electron chi connectivity index (χ3n) is 10.4. The standard InChI is InChI=1S/C38H42Cl2N2O2/c1-37(2)17-30-35(32(43)19-37)34(36-31(18-38(3,4)20-33(36)44)42(30)25-10-6-5-7-11-25)27-22-41(29-13-9-8-12-26(27)29)21-23-14-15-24(39)16-28(23)40/h8-9,12-16,22,25,34H,5-7,10-11,17-21H2,1-4H3. The molecule has 0 unspecified atom stereocenters. The summed E-state index contributed by atoms with van der Waals surface area (Å²) in [6.07, 6.45) is 10.8. The van der Waals surface area contributed by atoms with Crippen molar-refractivity contribution >= 4 is 45.7 Å². The first-order valence-electron chi connectivity index (χ1n) is 16.3. The van der Waals surface area contributed by atoms with E-state index in [9.17, 15) is 9.59 Å². The zero-order chi connectivity index (χ0) is 31.0. The number of fused-ring (bicyclic) bond motifs is 1. The predicted octanol–water partition coefficient (Wildman–Crippen LogP) is 10.0. The largest absolute Gasteiger partial charge is 0.345 e. The van der Waals surface area contributed by atoms with E-state index in [1.54, 1.807) is 6.07 Å². The Morgan fingerprint density at radius 1 is 0.795 bits per heavy atom. The molecule has 3 aromatic rings. The molecule has 0 saturated heterocycles. The molecule has 230 valence electrons. The second-order valence-electron chi connectivity index (χ2n) is 15.2. The van der Waals surface area contributed by atoms with Crippen molar-refractivity contribution in [3.63, 3.8) is 0 Å². The molecule has 4 nitrogen and oxygen atoms in total. The monoisotopic (exact) mass is 628 g/mol. The van der Waals surface area contributed by atoms with Crippen molar-refractivity contribution in [2.45, 2.75) is 104 Å². The van der Waals surface area contributed by atoms with Crippen LogP contribution in [0.25, 0.3) is 10.9 Å². The Morgan fingerprint density at radius 2 is 1.41 bits per heavy atom. The number of halogens is 2. The van der Waals surface area contributed by atoms with Gasteiger partial charge in [-0.25, -0.2) is 0 Å². The van der Waals surface area contributed by atoms with Gasteiger partial charge in [-0.15, -0.1) is 0 Å². The lowest BCUT2D eigenvalue weighted by atomic mass is 9.63. The Balaban J connectivity index is 1.47. The molecule has 0 N–H and O–H groups in total. The molecule has 2 aromatic carbocycles. The van der Waals surface area contributed by atoms with Crippen LogP contribution in [0.1, 0.15) is 103 Å². The number of carbonyl (C=O) groups is 2. The molecular formula is C38H42Cl2N2O2. The molecule has 4 aliphatic rings. The molecule has 0 amide bonds. The van der Waals surface area contributed by atoms with Crippen molar-refractivity contribution in [2.24, 2.45) is 10.8 Å². The second-order valence-corrected chi connectivity index (χ2v) is 16.0. The molecule has 1 aromatic heterocycles. The molecule has 7 rings (SSSR count). The molecule has 44 heavy (non-hydrogen) atoms. The number of nitrogens with zero attached hydrogens (tertiary/aromatic N) is 2. The summed E-state index contributed by atoms with van der Waals surface area (Å²) in [5.41, 5.74) is 6.95. The first-order valence-corrected chi connectivity index (χ1v) is 17.0. The lowest BCUT2D eigenvalue weighted by Crippen LogP contribution is -2.48. The number of hydrogen-bond donors (Lipinski definition) is 0. The lowest BCUT2D eigenvalue weighted by molar-refractivity contribution is -0.119. The van der Waals surface area contributed by atoms with Gasteiger partial charge in [0.05, 0.1) is 0 Å². The number of aromatic nitrogens is 1. The Labute approximate surface area is 271 Å². The van der Waals surface area contributed by atoms with Gasteiger partial charge in [0.1, 0.15) is 0 Å². The maximum absolute atomic E-state index is 14.4. The zero-order valence-electron chi connectivity index (χ0n) is 26.3. The second kappa shape index (κ2) is 10.9. The van der Waals surface area contributed by atoms with Gasteiger partial charge in [-0.2, -0.15) is 0 Å². The van der Waals surface area contributed by atoms with E-state index < -0.39 is 0 Å². The summed E-state index contributed by atoms with van der Waals surface area (Å²) in [4.78, 5) is 31.4. The predicted molar refractivity (Wildman–Crippen MR) is 179 cm³/mol. The molecule has 1 saturated carbocycles. The van der Waals surface area contributed by atoms with Crippen LogP contribution in [-0.4, -0.2) is 27.1 Å². The number of ketones is 2. The molecule has 1 fully saturated rings. The first kappa shape index (κ1) is 29.9. The Hall–Kier alpha value is -2.82. The van der Waals surface area contributed by atoms with Crippen LogP contribution in [0.2, 0.25) is 10.0 Å². The van der Waals surface area contributed by atoms with Gasteiger partial charge < -0.3 is 9.47 Å². The average molecular weight is 630 g/mol. The number of hydrogen-bond acceptors (Lipinski definition) is 3. The summed E-state index contributed by atoms with van der Waals surface area (Å²) in [5.74, 6) is 0.0338. The molecule has 0 radical (unpaired) electrons. The van der Waals surface area contributed by atoms with E-state index in [0.29, 0.717) is 35.5 Å². The summed E-state index contributed by atoms with van der Waals surface area (Å²) in [5, 5.41) is 2.32. The van der Waals surface area contributed by atoms with E-state index in [4.69, 9.17) is 23.2 Å². The van der Waals surface area contributed by atoms with Gasteiger partial charge in [-0.05, 0) is 65.8 Å². The summed E-state index contributed by atoms with van der Waals surface area (Å²) >= 11 is 12.9. The molecule has 3 aliphatic carbocycles. The average Bonchev–Trinajstić information content (AvgIpc) is 3.30. The van der Waals surface area contributed by atoms with Crippen LogP contribution in [0.15, 0.2) is 71.2 Å². The molecule has 1 aliphatic heterocycles. The minimum Gasteiger partial charge on any atom is -0.345 e. The van der Waals surface area contributed by atoms with E-state index in [1.807, 2.05) is 12.1 Å². The Morgan fingerprint density at radius 3 is 2.02 bits per heavy atom. The normalized spacial score (nSPS) is 22.5. The van der Waals surface area contributed by atoms with E-state index in [-0.39, 0.29) is 28.3 Å². The molecule has 0 spiro atoms. The fraction of sp³-hybridized carbons (Fsp3) is 0.474. The van der Waals surface area contributed by atoms with Crippen LogP contribution in [0.5, 0.6) is 0 Å². The van der Waals surface area contributed by atoms with Crippen LogP contribution >= 0.6 is 23.2 Å². The maximum atomic E-state index is 14.4. The van der Waals surface area contributed by atoms with Crippen molar-refractivity contribution in [3.8, 4) is 0 Å². The van der Waals surface area contributed by atoms with Crippen LogP contribution in [-0.2, 0) is 16.1 Å². The minimum absolute atomic E-state index is 0.126. The van der Waals surface area contributed by atoms with E-state index >= 15 is 0 Å². The zero-order valence-corrected chi connectivity index (χ0v) is 27.8. The van der Waals surface area contributed by atoms with E-state index in [1.165, 1.54) is 30.7 Å². The topological polar surface area (TPSA) is 42.3 Å². The Kier molecular flexibility index (Phi) is 7.41. The van der Waals surface area contributed by atoms with Crippen LogP contribution in [0, 0.1) is 10.8 Å². The van der Waals surface area contributed by atoms with Gasteiger partial charge in [0.15, 0.2) is 11.6 Å². The Bertz CT molecular complexity index is 1700. The smallest absolute Gasteiger partial charge is 0.162 e. The van der Waals surface area contributed by atoms with Crippen LogP contribution in [0.4, 0.5) is 0 Å². The number of allylic oxidation sites excluding steroid dienone is 4. The van der Waals surface area contributed by atoms with Crippen molar-refractivity contribution in [1.82, 2.24) is 9.47 Å². The maximum Gasteiger partial charge on any atom is 0.162 e. The number of Topliss-reactive ketones (excluding diaryl/α,β-unsaturated/α-hetero) is 2. The van der Waals surface area contributed by atoms with Crippen molar-refractivity contribution < 1.29 is 9.59 Å². The quantitative estimate of drug-likeness (QED) is 0.289. The fourth-order valence-corrected chi connectivity index (χ4v) is 9.02. The highest BCUT2D eigenvalue weighted by Crippen LogP contribution is 2.56. The summed E-state index contributed by atoms with van der Waals surface area (Å²) in [7, 11) is 0. The highest BCUT2D eigenvalue weighted by molar-refractivity contribution is 6.35. The van der Waals surface area contributed by atoms with Gasteiger partial charge >= 0.3 is 0 Å². The molecule has 2 heterocycles. The number of rotatable bonds is 4. The summed E-state index contributed by atoms with van der Waals surface area (Å²) in [6, 6.07) is 14.4. The lowest BCUT2D eigenvalue weighted by Gasteiger charge is -2.52. The van der Waals surface area contributed by atoms with Gasteiger partial charge in [0, 0.05) is 81.0 Å². The van der Waals surface area contributed by atoms with Crippen molar-refractivity contribution in [2.75, 3.05) is 0 Å².